The molecule has 28 heavy (non-hydrogen) atoms. The number of hydrogen-bond acceptors (Lipinski definition) is 5. The van der Waals surface area contributed by atoms with Crippen molar-refractivity contribution >= 4 is 51.0 Å². The summed E-state index contributed by atoms with van der Waals surface area (Å²) in [5.41, 5.74) is 2.35. The van der Waals surface area contributed by atoms with E-state index in [4.69, 9.17) is 9.25 Å². The molecule has 2 N–H and O–H groups in total. The van der Waals surface area contributed by atoms with Gasteiger partial charge in [-0.3, -0.25) is 19.0 Å². The third-order valence-electron chi connectivity index (χ3n) is 4.59. The molecule has 0 saturated heterocycles. The zero-order valence-corrected chi connectivity index (χ0v) is 17.1. The summed E-state index contributed by atoms with van der Waals surface area (Å²) in [4.78, 5) is 30.7. The number of hydrogen-bond donors (Lipinski definition) is 2. The number of nitrogens with one attached hydrogen (secondary N) is 2. The second-order valence-corrected chi connectivity index (χ2v) is 7.93. The second kappa shape index (κ2) is 7.55. The Hall–Kier alpha value is -2.40. The first kappa shape index (κ1) is 18.9. The van der Waals surface area contributed by atoms with Crippen molar-refractivity contribution in [1.82, 2.24) is 10.0 Å². The smallest absolute Gasteiger partial charge is 0.282 e. The van der Waals surface area contributed by atoms with E-state index in [-0.39, 0.29) is 33.6 Å². The molecule has 1 fully saturated rings. The van der Waals surface area contributed by atoms with Crippen LogP contribution in [0.3, 0.4) is 0 Å². The zero-order valence-electron chi connectivity index (χ0n) is 14.9. The van der Waals surface area contributed by atoms with E-state index in [1.165, 1.54) is 30.0 Å². The van der Waals surface area contributed by atoms with Crippen LogP contribution in [0.4, 0.5) is 15.9 Å². The van der Waals surface area contributed by atoms with Crippen LogP contribution >= 0.6 is 22.6 Å². The molecule has 4 rings (SSSR count). The number of pyridine rings is 1. The number of furan rings is 1. The minimum absolute atomic E-state index is 0.0656. The van der Waals surface area contributed by atoms with E-state index in [0.717, 1.165) is 16.4 Å². The number of benzene rings is 1. The van der Waals surface area contributed by atoms with Gasteiger partial charge in [0.25, 0.3) is 11.5 Å². The lowest BCUT2D eigenvalue weighted by Gasteiger charge is -2.17. The lowest BCUT2D eigenvalue weighted by molar-refractivity contribution is 0.0271. The average Bonchev–Trinajstić information content (AvgIpc) is 3.35. The van der Waals surface area contributed by atoms with Crippen molar-refractivity contribution in [2.24, 2.45) is 13.0 Å². The highest BCUT2D eigenvalue weighted by molar-refractivity contribution is 14.1. The molecular formula is C19H17FIN3O4. The maximum atomic E-state index is 14.4. The van der Waals surface area contributed by atoms with Gasteiger partial charge in [0.05, 0.1) is 23.9 Å². The van der Waals surface area contributed by atoms with Crippen molar-refractivity contribution in [2.45, 2.75) is 12.8 Å². The lowest BCUT2D eigenvalue weighted by Crippen LogP contribution is -2.29. The summed E-state index contributed by atoms with van der Waals surface area (Å²) in [5, 5.41) is 3.11. The third-order valence-corrected chi connectivity index (χ3v) is 5.26. The Morgan fingerprint density at radius 3 is 2.89 bits per heavy atom. The molecular weight excluding hydrogens is 480 g/mol. The van der Waals surface area contributed by atoms with Gasteiger partial charge < -0.3 is 9.73 Å². The molecule has 0 atom stereocenters. The minimum Gasteiger partial charge on any atom is -0.463 e. The molecule has 146 valence electrons. The van der Waals surface area contributed by atoms with Crippen LogP contribution in [0.25, 0.3) is 11.0 Å². The molecule has 2 aromatic heterocycles. The van der Waals surface area contributed by atoms with Gasteiger partial charge in [-0.2, -0.15) is 0 Å². The largest absolute Gasteiger partial charge is 0.463 e. The molecule has 0 spiro atoms. The molecule has 9 heteroatoms. The molecule has 2 heterocycles. The van der Waals surface area contributed by atoms with Crippen molar-refractivity contribution < 1.29 is 18.4 Å². The normalized spacial score (nSPS) is 13.7. The highest BCUT2D eigenvalue weighted by Crippen LogP contribution is 2.30. The molecule has 1 aliphatic carbocycles. The fourth-order valence-electron chi connectivity index (χ4n) is 2.86. The van der Waals surface area contributed by atoms with Crippen molar-refractivity contribution in [3.05, 3.63) is 55.8 Å². The van der Waals surface area contributed by atoms with Crippen LogP contribution < -0.4 is 16.4 Å². The molecule has 1 saturated carbocycles. The number of halogens is 2. The summed E-state index contributed by atoms with van der Waals surface area (Å²) < 4.78 is 21.7. The van der Waals surface area contributed by atoms with E-state index in [2.05, 4.69) is 10.8 Å². The topological polar surface area (TPSA) is 85.5 Å². The molecule has 1 aromatic carbocycles. The minimum atomic E-state index is -0.579. The molecule has 0 aliphatic heterocycles. The van der Waals surface area contributed by atoms with Crippen molar-refractivity contribution in [1.29, 1.82) is 0 Å². The highest BCUT2D eigenvalue weighted by atomic mass is 127. The number of carbonyl (C=O) groups excluding carboxylic acids is 1. The number of amides is 1. The molecule has 7 nitrogen and oxygen atoms in total. The average molecular weight is 497 g/mol. The Balaban J connectivity index is 1.77. The number of fused-ring (bicyclic) bond motifs is 1. The first-order valence-electron chi connectivity index (χ1n) is 8.70. The number of aromatic nitrogens is 1. The van der Waals surface area contributed by atoms with Crippen LogP contribution in [0.2, 0.25) is 0 Å². The van der Waals surface area contributed by atoms with Gasteiger partial charge in [-0.1, -0.05) is 0 Å². The van der Waals surface area contributed by atoms with Gasteiger partial charge >= 0.3 is 0 Å². The third kappa shape index (κ3) is 3.63. The molecule has 1 amide bonds. The predicted octanol–water partition coefficient (Wildman–Crippen LogP) is 3.69. The van der Waals surface area contributed by atoms with Crippen molar-refractivity contribution in [2.75, 3.05) is 11.9 Å². The van der Waals surface area contributed by atoms with E-state index < -0.39 is 11.7 Å². The fourth-order valence-corrected chi connectivity index (χ4v) is 3.32. The van der Waals surface area contributed by atoms with E-state index in [9.17, 15) is 14.0 Å². The molecule has 0 bridgehead atoms. The van der Waals surface area contributed by atoms with E-state index >= 15 is 0 Å². The van der Waals surface area contributed by atoms with E-state index in [0.29, 0.717) is 12.5 Å². The van der Waals surface area contributed by atoms with Crippen LogP contribution in [-0.4, -0.2) is 17.1 Å². The van der Waals surface area contributed by atoms with Gasteiger partial charge in [0, 0.05) is 10.6 Å². The summed E-state index contributed by atoms with van der Waals surface area (Å²) in [7, 11) is 1.50. The Bertz CT molecular complexity index is 1120. The quantitative estimate of drug-likeness (QED) is 0.401. The van der Waals surface area contributed by atoms with E-state index in [1.54, 1.807) is 12.1 Å². The summed E-state index contributed by atoms with van der Waals surface area (Å²) >= 11 is 2.00. The summed E-state index contributed by atoms with van der Waals surface area (Å²) in [6.07, 6.45) is 3.50. The molecule has 3 aromatic rings. The van der Waals surface area contributed by atoms with Gasteiger partial charge in [-0.15, -0.1) is 0 Å². The number of carbonyl (C=O) groups is 1. The van der Waals surface area contributed by atoms with Gasteiger partial charge in [-0.05, 0) is 65.6 Å². The first-order chi connectivity index (χ1) is 13.5. The summed E-state index contributed by atoms with van der Waals surface area (Å²) in [5.74, 6) is -0.512. The van der Waals surface area contributed by atoms with Gasteiger partial charge in [0.2, 0.25) is 0 Å². The van der Waals surface area contributed by atoms with Gasteiger partial charge in [-0.25, -0.2) is 9.87 Å². The first-order valence-corrected chi connectivity index (χ1v) is 9.78. The Morgan fingerprint density at radius 1 is 1.39 bits per heavy atom. The number of rotatable bonds is 6. The number of nitrogens with zero attached hydrogens (tertiary/aromatic N) is 1. The van der Waals surface area contributed by atoms with Crippen molar-refractivity contribution in [3.63, 3.8) is 0 Å². The molecule has 0 radical (unpaired) electrons. The van der Waals surface area contributed by atoms with Crippen LogP contribution in [0.15, 0.2) is 39.7 Å². The molecule has 1 aliphatic rings. The summed E-state index contributed by atoms with van der Waals surface area (Å²) in [6.45, 7) is 0.424. The maximum Gasteiger partial charge on any atom is 0.282 e. The van der Waals surface area contributed by atoms with Gasteiger partial charge in [0.15, 0.2) is 5.58 Å². The Morgan fingerprint density at radius 2 is 2.18 bits per heavy atom. The zero-order chi connectivity index (χ0) is 19.8. The summed E-state index contributed by atoms with van der Waals surface area (Å²) in [6, 6.07) is 6.10. The number of hydroxylamine groups is 1. The van der Waals surface area contributed by atoms with Crippen LogP contribution in [0.1, 0.15) is 23.2 Å². The predicted molar refractivity (Wildman–Crippen MR) is 110 cm³/mol. The molecule has 0 unspecified atom stereocenters. The second-order valence-electron chi connectivity index (χ2n) is 6.69. The van der Waals surface area contributed by atoms with E-state index in [1.807, 2.05) is 22.6 Å². The van der Waals surface area contributed by atoms with Crippen molar-refractivity contribution in [3.8, 4) is 0 Å². The lowest BCUT2D eigenvalue weighted by atomic mass is 10.1. The SMILES string of the molecule is Cn1c(Nc2ccc(I)cc2F)c(C(=O)NOCC2CC2)c2occc2c1=O. The maximum absolute atomic E-state index is 14.4. The fraction of sp³-hybridized carbons (Fsp3) is 0.263. The van der Waals surface area contributed by atoms with Crippen LogP contribution in [0.5, 0.6) is 0 Å². The Labute approximate surface area is 172 Å². The van der Waals surface area contributed by atoms with Gasteiger partial charge in [0.1, 0.15) is 17.2 Å². The van der Waals surface area contributed by atoms with Crippen LogP contribution in [0, 0.1) is 15.3 Å². The standard InChI is InChI=1S/C19H17FIN3O4/c1-24-17(22-14-5-4-11(21)8-13(14)20)15(16-12(19(24)26)6-7-27-16)18(25)23-28-9-10-2-3-10/h4-8,10,22H,2-3,9H2,1H3,(H,23,25). The highest BCUT2D eigenvalue weighted by Gasteiger charge is 2.26. The Kier molecular flexibility index (Phi) is 5.11. The monoisotopic (exact) mass is 497 g/mol. The number of anilines is 2. The van der Waals surface area contributed by atoms with Crippen LogP contribution in [-0.2, 0) is 11.9 Å².